The van der Waals surface area contributed by atoms with Crippen molar-refractivity contribution in [2.24, 2.45) is 0 Å². The molecule has 1 fully saturated rings. The zero-order valence-electron chi connectivity index (χ0n) is 21.2. The van der Waals surface area contributed by atoms with Crippen LogP contribution in [0.3, 0.4) is 0 Å². The van der Waals surface area contributed by atoms with Crippen LogP contribution in [0.1, 0.15) is 56.3 Å². The molecule has 0 radical (unpaired) electrons. The Kier molecular flexibility index (Phi) is 7.21. The second-order valence-electron chi connectivity index (χ2n) is 10.1. The molecule has 8 heteroatoms. The number of ether oxygens (including phenoxy) is 3. The summed E-state index contributed by atoms with van der Waals surface area (Å²) in [5.74, 6) is 0.735. The number of carbonyl (C=O) groups excluding carboxylic acids is 2. The van der Waals surface area contributed by atoms with Crippen LogP contribution in [0.25, 0.3) is 0 Å². The van der Waals surface area contributed by atoms with Gasteiger partial charge in [0.2, 0.25) is 0 Å². The number of amides is 2. The summed E-state index contributed by atoms with van der Waals surface area (Å²) in [6.45, 7) is 7.05. The zero-order chi connectivity index (χ0) is 25.2. The maximum Gasteiger partial charge on any atom is 0.414 e. The van der Waals surface area contributed by atoms with Crippen molar-refractivity contribution in [1.82, 2.24) is 10.2 Å². The van der Waals surface area contributed by atoms with Crippen LogP contribution in [0.5, 0.6) is 5.75 Å². The standard InChI is InChI=1S/C27H35N3O5/c1-27(2,3)35-26(32)30-13-9-12-21(24(30)18-10-7-6-8-11-18)28-16-19-14-22-20(15-23(19)33-5)17-34-25(31)29(22)4/h6-8,10-11,14-15,21,24,28H,9,12-13,16-17H2,1-5H3/t21-,24-/m0/s1. The maximum atomic E-state index is 13.2. The normalized spacial score (nSPS) is 20.2. The van der Waals surface area contributed by atoms with E-state index in [1.165, 1.54) is 4.90 Å². The summed E-state index contributed by atoms with van der Waals surface area (Å²) >= 11 is 0. The van der Waals surface area contributed by atoms with Crippen LogP contribution in [0, 0.1) is 0 Å². The third-order valence-electron chi connectivity index (χ3n) is 6.42. The van der Waals surface area contributed by atoms with Gasteiger partial charge in [0.1, 0.15) is 18.0 Å². The van der Waals surface area contributed by atoms with Crippen molar-refractivity contribution in [3.8, 4) is 5.75 Å². The summed E-state index contributed by atoms with van der Waals surface area (Å²) < 4.78 is 16.6. The fraction of sp³-hybridized carbons (Fsp3) is 0.481. The van der Waals surface area contributed by atoms with Crippen LogP contribution >= 0.6 is 0 Å². The number of rotatable bonds is 5. The number of likely N-dealkylation sites (tertiary alicyclic amines) is 1. The number of anilines is 1. The molecule has 2 aromatic carbocycles. The lowest BCUT2D eigenvalue weighted by atomic mass is 9.90. The minimum atomic E-state index is -0.567. The third kappa shape index (κ3) is 5.53. The van der Waals surface area contributed by atoms with Gasteiger partial charge in [0, 0.05) is 37.3 Å². The Morgan fingerprint density at radius 3 is 2.63 bits per heavy atom. The molecule has 0 spiro atoms. The highest BCUT2D eigenvalue weighted by Gasteiger charge is 2.37. The first-order chi connectivity index (χ1) is 16.7. The fourth-order valence-electron chi connectivity index (χ4n) is 4.78. The quantitative estimate of drug-likeness (QED) is 0.647. The van der Waals surface area contributed by atoms with E-state index in [0.29, 0.717) is 13.1 Å². The lowest BCUT2D eigenvalue weighted by Crippen LogP contribution is -2.51. The molecule has 1 N–H and O–H groups in total. The molecule has 2 heterocycles. The van der Waals surface area contributed by atoms with Crippen molar-refractivity contribution in [3.63, 3.8) is 0 Å². The number of piperidine rings is 1. The second-order valence-corrected chi connectivity index (χ2v) is 10.1. The average Bonchev–Trinajstić information content (AvgIpc) is 2.84. The van der Waals surface area contributed by atoms with Crippen LogP contribution in [0.15, 0.2) is 42.5 Å². The number of fused-ring (bicyclic) bond motifs is 1. The monoisotopic (exact) mass is 481 g/mol. The van der Waals surface area contributed by atoms with Gasteiger partial charge in [-0.3, -0.25) is 9.80 Å². The van der Waals surface area contributed by atoms with Crippen molar-refractivity contribution in [2.45, 2.75) is 64.4 Å². The molecule has 1 saturated heterocycles. The third-order valence-corrected chi connectivity index (χ3v) is 6.42. The van der Waals surface area contributed by atoms with Crippen LogP contribution < -0.4 is 15.0 Å². The summed E-state index contributed by atoms with van der Waals surface area (Å²) in [7, 11) is 3.34. The van der Waals surface area contributed by atoms with E-state index in [4.69, 9.17) is 14.2 Å². The first-order valence-electron chi connectivity index (χ1n) is 12.1. The molecular formula is C27H35N3O5. The number of methoxy groups -OCH3 is 1. The van der Waals surface area contributed by atoms with E-state index >= 15 is 0 Å². The highest BCUT2D eigenvalue weighted by Crippen LogP contribution is 2.35. The lowest BCUT2D eigenvalue weighted by molar-refractivity contribution is 0.00380. The number of nitrogens with zero attached hydrogens (tertiary/aromatic N) is 2. The largest absolute Gasteiger partial charge is 0.496 e. The topological polar surface area (TPSA) is 80.3 Å². The van der Waals surface area contributed by atoms with Gasteiger partial charge in [-0.15, -0.1) is 0 Å². The Labute approximate surface area is 207 Å². The Morgan fingerprint density at radius 2 is 1.94 bits per heavy atom. The first kappa shape index (κ1) is 24.9. The van der Waals surface area contributed by atoms with E-state index in [1.807, 2.05) is 56.0 Å². The van der Waals surface area contributed by atoms with Crippen LogP contribution in [-0.4, -0.2) is 49.4 Å². The maximum absolute atomic E-state index is 13.2. The van der Waals surface area contributed by atoms with E-state index in [9.17, 15) is 9.59 Å². The Morgan fingerprint density at radius 1 is 1.20 bits per heavy atom. The Hall–Kier alpha value is -3.26. The van der Waals surface area contributed by atoms with Gasteiger partial charge in [0.15, 0.2) is 0 Å². The molecule has 2 amide bonds. The van der Waals surface area contributed by atoms with E-state index in [-0.39, 0.29) is 30.9 Å². The average molecular weight is 482 g/mol. The molecule has 188 valence electrons. The number of cyclic esters (lactones) is 1. The SMILES string of the molecule is COc1cc2c(cc1CN[C@H]1CCCN(C(=O)OC(C)(C)C)[C@H]1c1ccccc1)N(C)C(=O)OC2. The van der Waals surface area contributed by atoms with Gasteiger partial charge >= 0.3 is 12.2 Å². The number of carbonyl (C=O) groups is 2. The van der Waals surface area contributed by atoms with Crippen molar-refractivity contribution in [3.05, 3.63) is 59.2 Å². The van der Waals surface area contributed by atoms with E-state index in [0.717, 1.165) is 41.0 Å². The fourth-order valence-corrected chi connectivity index (χ4v) is 4.78. The van der Waals surface area contributed by atoms with Crippen LogP contribution in [0.4, 0.5) is 15.3 Å². The number of hydrogen-bond donors (Lipinski definition) is 1. The second kappa shape index (κ2) is 10.2. The molecule has 0 aliphatic carbocycles. The molecule has 4 rings (SSSR count). The van der Waals surface area contributed by atoms with Gasteiger partial charge in [-0.2, -0.15) is 0 Å². The highest BCUT2D eigenvalue weighted by molar-refractivity contribution is 5.90. The number of hydrogen-bond acceptors (Lipinski definition) is 6. The van der Waals surface area contributed by atoms with Crippen molar-refractivity contribution < 1.29 is 23.8 Å². The molecule has 0 bridgehead atoms. The Bertz CT molecular complexity index is 1070. The summed E-state index contributed by atoms with van der Waals surface area (Å²) in [6.07, 6.45) is 1.12. The van der Waals surface area contributed by atoms with Gasteiger partial charge in [-0.05, 0) is 51.3 Å². The van der Waals surface area contributed by atoms with Crippen molar-refractivity contribution in [1.29, 1.82) is 0 Å². The number of nitrogens with one attached hydrogen (secondary N) is 1. The molecule has 2 aliphatic heterocycles. The highest BCUT2D eigenvalue weighted by atomic mass is 16.6. The molecule has 0 unspecified atom stereocenters. The minimum Gasteiger partial charge on any atom is -0.496 e. The van der Waals surface area contributed by atoms with Gasteiger partial charge in [-0.25, -0.2) is 9.59 Å². The van der Waals surface area contributed by atoms with Gasteiger partial charge in [0.25, 0.3) is 0 Å². The van der Waals surface area contributed by atoms with Gasteiger partial charge in [0.05, 0.1) is 18.8 Å². The molecule has 0 aromatic heterocycles. The molecule has 35 heavy (non-hydrogen) atoms. The van der Waals surface area contributed by atoms with E-state index in [1.54, 1.807) is 14.2 Å². The van der Waals surface area contributed by atoms with Crippen molar-refractivity contribution >= 4 is 17.9 Å². The molecule has 2 aromatic rings. The summed E-state index contributed by atoms with van der Waals surface area (Å²) in [6, 6.07) is 13.8. The molecule has 2 aliphatic rings. The first-order valence-corrected chi connectivity index (χ1v) is 12.1. The van der Waals surface area contributed by atoms with Gasteiger partial charge in [-0.1, -0.05) is 30.3 Å². The van der Waals surface area contributed by atoms with Crippen molar-refractivity contribution in [2.75, 3.05) is 25.6 Å². The summed E-state index contributed by atoms with van der Waals surface area (Å²) in [5.41, 5.74) is 3.16. The molecular weight excluding hydrogens is 446 g/mol. The molecule has 2 atom stereocenters. The number of benzene rings is 2. The summed E-state index contributed by atoms with van der Waals surface area (Å²) in [5, 5.41) is 3.68. The van der Waals surface area contributed by atoms with Crippen LogP contribution in [-0.2, 0) is 22.6 Å². The van der Waals surface area contributed by atoms with Crippen LogP contribution in [0.2, 0.25) is 0 Å². The zero-order valence-corrected chi connectivity index (χ0v) is 21.2. The predicted octanol–water partition coefficient (Wildman–Crippen LogP) is 5.01. The minimum absolute atomic E-state index is 0.0158. The summed E-state index contributed by atoms with van der Waals surface area (Å²) in [4.78, 5) is 28.5. The predicted molar refractivity (Wildman–Crippen MR) is 134 cm³/mol. The Balaban J connectivity index is 1.60. The lowest BCUT2D eigenvalue weighted by Gasteiger charge is -2.42. The van der Waals surface area contributed by atoms with E-state index in [2.05, 4.69) is 17.4 Å². The smallest absolute Gasteiger partial charge is 0.414 e. The van der Waals surface area contributed by atoms with E-state index < -0.39 is 5.60 Å². The molecule has 0 saturated carbocycles. The molecule has 8 nitrogen and oxygen atoms in total. The van der Waals surface area contributed by atoms with Gasteiger partial charge < -0.3 is 19.5 Å².